The molecule has 0 unspecified atom stereocenters. The fourth-order valence-corrected chi connectivity index (χ4v) is 4.08. The maximum absolute atomic E-state index is 12.9. The van der Waals surface area contributed by atoms with E-state index < -0.39 is 26.1 Å². The summed E-state index contributed by atoms with van der Waals surface area (Å²) in [7, 11) is -1.89. The second-order valence-corrected chi connectivity index (χ2v) is 14.4. The van der Waals surface area contributed by atoms with Gasteiger partial charge in [0.15, 0.2) is 8.32 Å². The van der Waals surface area contributed by atoms with Gasteiger partial charge in [0.05, 0.1) is 25.3 Å². The first-order valence-corrected chi connectivity index (χ1v) is 13.7. The summed E-state index contributed by atoms with van der Waals surface area (Å²) in [5.41, 5.74) is -0.255. The number of fused-ring (bicyclic) bond motifs is 1. The minimum absolute atomic E-state index is 0.0967. The first-order valence-electron chi connectivity index (χ1n) is 10.8. The van der Waals surface area contributed by atoms with Gasteiger partial charge < -0.3 is 14.8 Å². The van der Waals surface area contributed by atoms with Crippen LogP contribution in [0.5, 0.6) is 0 Å². The van der Waals surface area contributed by atoms with Gasteiger partial charge in [-0.3, -0.25) is 9.48 Å². The highest BCUT2D eigenvalue weighted by atomic mass is 28.4. The third kappa shape index (κ3) is 5.83. The summed E-state index contributed by atoms with van der Waals surface area (Å²) in [6.07, 6.45) is -2.86. The van der Waals surface area contributed by atoms with Crippen LogP contribution in [-0.4, -0.2) is 40.7 Å². The van der Waals surface area contributed by atoms with Gasteiger partial charge in [-0.05, 0) is 42.4 Å². The highest BCUT2D eigenvalue weighted by molar-refractivity contribution is 6.74. The van der Waals surface area contributed by atoms with Crippen LogP contribution in [0.1, 0.15) is 42.5 Å². The number of carbonyl (C=O) groups excluding carboxylic acids is 1. The average Bonchev–Trinajstić information content (AvgIpc) is 3.13. The summed E-state index contributed by atoms with van der Waals surface area (Å²) in [6.45, 7) is 11.5. The van der Waals surface area contributed by atoms with Crippen molar-refractivity contribution in [3.8, 4) is 0 Å². The third-order valence-electron chi connectivity index (χ3n) is 6.06. The molecule has 0 atom stereocenters. The van der Waals surface area contributed by atoms with Crippen molar-refractivity contribution in [3.63, 3.8) is 0 Å². The molecule has 0 aliphatic rings. The van der Waals surface area contributed by atoms with Crippen molar-refractivity contribution in [2.45, 2.75) is 58.2 Å². The maximum atomic E-state index is 12.9. The molecule has 2 N–H and O–H groups in total. The van der Waals surface area contributed by atoms with Gasteiger partial charge in [0.25, 0.3) is 5.91 Å². The smallest absolute Gasteiger partial charge is 0.415 e. The number of nitrogens with one attached hydrogen (secondary N) is 1. The van der Waals surface area contributed by atoms with E-state index in [4.69, 9.17) is 4.43 Å². The molecule has 0 saturated heterocycles. The number of alkyl halides is 3. The lowest BCUT2D eigenvalue weighted by Gasteiger charge is -2.36. The van der Waals surface area contributed by atoms with Crippen molar-refractivity contribution < 1.29 is 27.5 Å². The molecule has 0 fully saturated rings. The van der Waals surface area contributed by atoms with Crippen molar-refractivity contribution in [1.82, 2.24) is 14.8 Å². The van der Waals surface area contributed by atoms with Crippen molar-refractivity contribution in [2.24, 2.45) is 0 Å². The van der Waals surface area contributed by atoms with Crippen LogP contribution in [0.3, 0.4) is 0 Å². The van der Waals surface area contributed by atoms with Crippen molar-refractivity contribution in [3.05, 3.63) is 53.5 Å². The van der Waals surface area contributed by atoms with E-state index in [1.807, 2.05) is 0 Å². The Morgan fingerprint density at radius 1 is 1.21 bits per heavy atom. The summed E-state index contributed by atoms with van der Waals surface area (Å²) in [5.74, 6) is -0.810. The minimum atomic E-state index is -4.66. The lowest BCUT2D eigenvalue weighted by molar-refractivity contribution is -0.141. The van der Waals surface area contributed by atoms with Crippen LogP contribution in [0.25, 0.3) is 10.9 Å². The van der Waals surface area contributed by atoms with Crippen molar-refractivity contribution >= 4 is 30.8 Å². The normalized spacial score (nSPS) is 12.9. The number of benzene rings is 1. The van der Waals surface area contributed by atoms with Crippen LogP contribution in [0, 0.1) is 0 Å². The summed E-state index contributed by atoms with van der Waals surface area (Å²) >= 11 is 0. The number of nitrogens with zero attached hydrogens (tertiary/aromatic N) is 3. The Bertz CT molecular complexity index is 1190. The van der Waals surface area contributed by atoms with E-state index in [0.717, 1.165) is 12.1 Å². The SMILES string of the molecule is CC(C)(C)[Si](C)(C)OCCn1cc2cc(NC(=O)c3cccc(C(F)(F)F)n3)c(CO)cc2n1. The average molecular weight is 495 g/mol. The molecule has 0 aliphatic heterocycles. The summed E-state index contributed by atoms with van der Waals surface area (Å²) in [4.78, 5) is 16.0. The van der Waals surface area contributed by atoms with E-state index in [-0.39, 0.29) is 23.0 Å². The van der Waals surface area contributed by atoms with Gasteiger partial charge in [-0.15, -0.1) is 0 Å². The van der Waals surface area contributed by atoms with Crippen molar-refractivity contribution in [1.29, 1.82) is 0 Å². The topological polar surface area (TPSA) is 89.3 Å². The van der Waals surface area contributed by atoms with Crippen LogP contribution < -0.4 is 5.32 Å². The molecule has 1 aromatic carbocycles. The van der Waals surface area contributed by atoms with Gasteiger partial charge in [0, 0.05) is 22.8 Å². The Labute approximate surface area is 197 Å². The summed E-state index contributed by atoms with van der Waals surface area (Å²) < 4.78 is 46.7. The second kappa shape index (κ2) is 9.47. The number of aromatic nitrogens is 3. The van der Waals surface area contributed by atoms with Gasteiger partial charge in [-0.1, -0.05) is 26.8 Å². The second-order valence-electron chi connectivity index (χ2n) is 9.59. The fraction of sp³-hybridized carbons (Fsp3) is 0.435. The van der Waals surface area contributed by atoms with Gasteiger partial charge in [-0.25, -0.2) is 4.98 Å². The molecule has 34 heavy (non-hydrogen) atoms. The van der Waals surface area contributed by atoms with Crippen LogP contribution in [-0.2, 0) is 23.8 Å². The van der Waals surface area contributed by atoms with E-state index in [9.17, 15) is 23.1 Å². The molecular weight excluding hydrogens is 465 g/mol. The predicted octanol–water partition coefficient (Wildman–Crippen LogP) is 5.22. The summed E-state index contributed by atoms with van der Waals surface area (Å²) in [6, 6.07) is 6.38. The Kier molecular flexibility index (Phi) is 7.20. The lowest BCUT2D eigenvalue weighted by atomic mass is 10.1. The minimum Gasteiger partial charge on any atom is -0.415 e. The standard InChI is InChI=1S/C23H29F3N4O3Si/c1-22(2,3)34(4,5)33-10-9-30-13-15-11-18(16(14-31)12-19(15)29-30)28-21(32)17-7-6-8-20(27-17)23(24,25)26/h6-8,11-13,31H,9-10,14H2,1-5H3,(H,28,32). The Morgan fingerprint density at radius 3 is 2.53 bits per heavy atom. The first kappa shape index (κ1) is 25.9. The Balaban J connectivity index is 1.78. The molecule has 2 aromatic heterocycles. The molecule has 0 spiro atoms. The number of hydrogen-bond donors (Lipinski definition) is 2. The van der Waals surface area contributed by atoms with Gasteiger partial charge >= 0.3 is 6.18 Å². The number of hydrogen-bond acceptors (Lipinski definition) is 5. The molecule has 11 heteroatoms. The van der Waals surface area contributed by atoms with Crippen LogP contribution in [0.4, 0.5) is 18.9 Å². The highest BCUT2D eigenvalue weighted by Gasteiger charge is 2.37. The van der Waals surface area contributed by atoms with Gasteiger partial charge in [-0.2, -0.15) is 18.3 Å². The molecule has 0 radical (unpaired) electrons. The number of halogens is 3. The largest absolute Gasteiger partial charge is 0.433 e. The zero-order valence-electron chi connectivity index (χ0n) is 19.8. The molecule has 3 rings (SSSR count). The van der Waals surface area contributed by atoms with Gasteiger partial charge in [0.2, 0.25) is 0 Å². The number of aliphatic hydroxyl groups is 1. The zero-order valence-corrected chi connectivity index (χ0v) is 20.8. The number of amides is 1. The molecule has 0 saturated carbocycles. The predicted molar refractivity (Wildman–Crippen MR) is 126 cm³/mol. The Hall–Kier alpha value is -2.76. The number of aliphatic hydroxyl groups excluding tert-OH is 1. The lowest BCUT2D eigenvalue weighted by Crippen LogP contribution is -2.41. The maximum Gasteiger partial charge on any atom is 0.433 e. The molecular formula is C23H29F3N4O3Si. The first-order chi connectivity index (χ1) is 15.7. The zero-order chi connectivity index (χ0) is 25.3. The van der Waals surface area contributed by atoms with Crippen LogP contribution in [0.15, 0.2) is 36.5 Å². The molecule has 2 heterocycles. The van der Waals surface area contributed by atoms with E-state index in [1.165, 1.54) is 6.07 Å². The van der Waals surface area contributed by atoms with E-state index in [2.05, 4.69) is 49.3 Å². The van der Waals surface area contributed by atoms with Crippen LogP contribution >= 0.6 is 0 Å². The molecule has 0 bridgehead atoms. The fourth-order valence-electron chi connectivity index (χ4n) is 3.04. The molecule has 1 amide bonds. The van der Waals surface area contributed by atoms with Gasteiger partial charge in [0.1, 0.15) is 11.4 Å². The summed E-state index contributed by atoms with van der Waals surface area (Å²) in [5, 5.41) is 17.6. The number of rotatable bonds is 7. The molecule has 7 nitrogen and oxygen atoms in total. The molecule has 3 aromatic rings. The van der Waals surface area contributed by atoms with Crippen LogP contribution in [0.2, 0.25) is 18.1 Å². The number of anilines is 1. The van der Waals surface area contributed by atoms with E-state index in [1.54, 1.807) is 23.0 Å². The van der Waals surface area contributed by atoms with E-state index >= 15 is 0 Å². The quantitative estimate of drug-likeness (QED) is 0.440. The monoisotopic (exact) mass is 494 g/mol. The Morgan fingerprint density at radius 2 is 1.91 bits per heavy atom. The number of carbonyl (C=O) groups is 1. The number of pyridine rings is 1. The van der Waals surface area contributed by atoms with E-state index in [0.29, 0.717) is 29.6 Å². The molecule has 0 aliphatic carbocycles. The van der Waals surface area contributed by atoms with Crippen molar-refractivity contribution in [2.75, 3.05) is 11.9 Å². The molecule has 184 valence electrons. The third-order valence-corrected chi connectivity index (χ3v) is 10.6. The highest BCUT2D eigenvalue weighted by Crippen LogP contribution is 2.36.